The quantitative estimate of drug-likeness (QED) is 0.918. The van der Waals surface area contributed by atoms with E-state index in [0.717, 1.165) is 35.3 Å². The van der Waals surface area contributed by atoms with Crippen molar-refractivity contribution in [3.05, 3.63) is 46.8 Å². The Morgan fingerprint density at radius 1 is 1.32 bits per heavy atom. The molecular formula is C15H16N2O2. The van der Waals surface area contributed by atoms with Gasteiger partial charge in [0, 0.05) is 11.6 Å². The lowest BCUT2D eigenvalue weighted by Crippen LogP contribution is -2.06. The molecule has 0 unspecified atom stereocenters. The average molecular weight is 256 g/mol. The number of aryl methyl sites for hydroxylation is 2. The molecule has 1 fully saturated rings. The topological polar surface area (TPSA) is 55.1 Å². The van der Waals surface area contributed by atoms with Crippen LogP contribution in [0.5, 0.6) is 0 Å². The summed E-state index contributed by atoms with van der Waals surface area (Å²) in [4.78, 5) is 11.1. The van der Waals surface area contributed by atoms with Gasteiger partial charge < -0.3 is 5.11 Å². The highest BCUT2D eigenvalue weighted by molar-refractivity contribution is 5.85. The van der Waals surface area contributed by atoms with Gasteiger partial charge in [-0.05, 0) is 43.9 Å². The van der Waals surface area contributed by atoms with E-state index < -0.39 is 5.97 Å². The highest BCUT2D eigenvalue weighted by Crippen LogP contribution is 2.41. The first kappa shape index (κ1) is 12.0. The average Bonchev–Trinajstić information content (AvgIpc) is 3.10. The SMILES string of the molecule is Cc1cccc(C)c1-n1nc(C(=O)O)cc1C1CC1. The van der Waals surface area contributed by atoms with Crippen molar-refractivity contribution in [1.29, 1.82) is 0 Å². The summed E-state index contributed by atoms with van der Waals surface area (Å²) in [6.07, 6.45) is 2.24. The first-order chi connectivity index (χ1) is 9.08. The highest BCUT2D eigenvalue weighted by Gasteiger charge is 2.30. The van der Waals surface area contributed by atoms with Crippen LogP contribution in [0.3, 0.4) is 0 Å². The van der Waals surface area contributed by atoms with Gasteiger partial charge in [-0.25, -0.2) is 9.48 Å². The number of aromatic carboxylic acids is 1. The fraction of sp³-hybridized carbons (Fsp3) is 0.333. The second-order valence-electron chi connectivity index (χ2n) is 5.19. The summed E-state index contributed by atoms with van der Waals surface area (Å²) in [6, 6.07) is 7.78. The number of rotatable bonds is 3. The maximum absolute atomic E-state index is 11.1. The summed E-state index contributed by atoms with van der Waals surface area (Å²) in [5.74, 6) is -0.508. The number of benzene rings is 1. The first-order valence-corrected chi connectivity index (χ1v) is 6.48. The molecule has 19 heavy (non-hydrogen) atoms. The van der Waals surface area contributed by atoms with Gasteiger partial charge >= 0.3 is 5.97 Å². The van der Waals surface area contributed by atoms with Gasteiger partial charge in [0.15, 0.2) is 5.69 Å². The third kappa shape index (κ3) is 2.03. The summed E-state index contributed by atoms with van der Waals surface area (Å²) in [5.41, 5.74) is 4.39. The van der Waals surface area contributed by atoms with Crippen molar-refractivity contribution in [3.63, 3.8) is 0 Å². The minimum absolute atomic E-state index is 0.129. The van der Waals surface area contributed by atoms with Crippen LogP contribution in [0.15, 0.2) is 24.3 Å². The van der Waals surface area contributed by atoms with Gasteiger partial charge in [0.25, 0.3) is 0 Å². The van der Waals surface area contributed by atoms with Gasteiger partial charge in [-0.15, -0.1) is 0 Å². The Hall–Kier alpha value is -2.10. The van der Waals surface area contributed by atoms with Crippen molar-refractivity contribution >= 4 is 5.97 Å². The van der Waals surface area contributed by atoms with Gasteiger partial charge in [0.2, 0.25) is 0 Å². The number of hydrogen-bond donors (Lipinski definition) is 1. The van der Waals surface area contributed by atoms with Gasteiger partial charge in [0.05, 0.1) is 5.69 Å². The Labute approximate surface area is 111 Å². The molecule has 0 amide bonds. The summed E-state index contributed by atoms with van der Waals surface area (Å²) >= 11 is 0. The van der Waals surface area contributed by atoms with Crippen LogP contribution in [0.25, 0.3) is 5.69 Å². The third-order valence-electron chi connectivity index (χ3n) is 3.60. The zero-order chi connectivity index (χ0) is 13.6. The second-order valence-corrected chi connectivity index (χ2v) is 5.19. The van der Waals surface area contributed by atoms with Crippen LogP contribution in [0.4, 0.5) is 0 Å². The maximum atomic E-state index is 11.1. The van der Waals surface area contributed by atoms with Crippen LogP contribution < -0.4 is 0 Å². The van der Waals surface area contributed by atoms with E-state index in [0.29, 0.717) is 5.92 Å². The number of carbonyl (C=O) groups is 1. The van der Waals surface area contributed by atoms with Crippen LogP contribution in [-0.2, 0) is 0 Å². The van der Waals surface area contributed by atoms with Crippen LogP contribution in [0.2, 0.25) is 0 Å². The van der Waals surface area contributed by atoms with Crippen LogP contribution >= 0.6 is 0 Å². The van der Waals surface area contributed by atoms with E-state index in [1.165, 1.54) is 0 Å². The van der Waals surface area contributed by atoms with E-state index >= 15 is 0 Å². The van der Waals surface area contributed by atoms with Gasteiger partial charge in [-0.1, -0.05) is 18.2 Å². The molecule has 0 spiro atoms. The minimum atomic E-state index is -0.966. The van der Waals surface area contributed by atoms with Gasteiger partial charge in [0.1, 0.15) is 0 Å². The molecule has 1 heterocycles. The fourth-order valence-corrected chi connectivity index (χ4v) is 2.49. The smallest absolute Gasteiger partial charge is 0.356 e. The normalized spacial score (nSPS) is 14.6. The molecule has 1 N–H and O–H groups in total. The lowest BCUT2D eigenvalue weighted by Gasteiger charge is -2.12. The molecule has 98 valence electrons. The maximum Gasteiger partial charge on any atom is 0.356 e. The molecule has 1 saturated carbocycles. The molecule has 1 aliphatic rings. The Bertz CT molecular complexity index is 634. The third-order valence-corrected chi connectivity index (χ3v) is 3.60. The molecule has 1 aromatic heterocycles. The van der Waals surface area contributed by atoms with E-state index in [9.17, 15) is 4.79 Å². The van der Waals surface area contributed by atoms with E-state index in [1.54, 1.807) is 6.07 Å². The van der Waals surface area contributed by atoms with Crippen LogP contribution in [0.1, 0.15) is 46.1 Å². The Morgan fingerprint density at radius 2 is 1.95 bits per heavy atom. The standard InChI is InChI=1S/C15H16N2O2/c1-9-4-3-5-10(2)14(9)17-13(11-6-7-11)8-12(16-17)15(18)19/h3-5,8,11H,6-7H2,1-2H3,(H,18,19). The van der Waals surface area contributed by atoms with Crippen LogP contribution in [0, 0.1) is 13.8 Å². The Balaban J connectivity index is 2.21. The summed E-state index contributed by atoms with van der Waals surface area (Å²) in [5, 5.41) is 13.4. The molecule has 0 bridgehead atoms. The van der Waals surface area contributed by atoms with Crippen molar-refractivity contribution in [2.45, 2.75) is 32.6 Å². The number of carboxylic acids is 1. The predicted molar refractivity (Wildman–Crippen MR) is 72.0 cm³/mol. The lowest BCUT2D eigenvalue weighted by atomic mass is 10.1. The molecule has 3 rings (SSSR count). The number of aromatic nitrogens is 2. The molecule has 0 saturated heterocycles. The second kappa shape index (κ2) is 4.23. The van der Waals surface area contributed by atoms with E-state index in [2.05, 4.69) is 5.10 Å². The molecule has 1 aromatic carbocycles. The largest absolute Gasteiger partial charge is 0.476 e. The fourth-order valence-electron chi connectivity index (χ4n) is 2.49. The first-order valence-electron chi connectivity index (χ1n) is 6.48. The van der Waals surface area contributed by atoms with Crippen molar-refractivity contribution in [1.82, 2.24) is 9.78 Å². The van der Waals surface area contributed by atoms with Crippen molar-refractivity contribution in [3.8, 4) is 5.69 Å². The number of hydrogen-bond acceptors (Lipinski definition) is 2. The summed E-state index contributed by atoms with van der Waals surface area (Å²) in [7, 11) is 0. The molecule has 0 aliphatic heterocycles. The molecule has 1 aliphatic carbocycles. The number of carboxylic acid groups (broad SMARTS) is 1. The summed E-state index contributed by atoms with van der Waals surface area (Å²) < 4.78 is 1.83. The molecule has 2 aromatic rings. The van der Waals surface area contributed by atoms with Gasteiger partial charge in [-0.2, -0.15) is 5.10 Å². The molecule has 4 nitrogen and oxygen atoms in total. The number of nitrogens with zero attached hydrogens (tertiary/aromatic N) is 2. The van der Waals surface area contributed by atoms with E-state index in [1.807, 2.05) is 36.7 Å². The summed E-state index contributed by atoms with van der Waals surface area (Å²) in [6.45, 7) is 4.06. The van der Waals surface area contributed by atoms with E-state index in [-0.39, 0.29) is 5.69 Å². The van der Waals surface area contributed by atoms with E-state index in [4.69, 9.17) is 5.11 Å². The molecule has 0 atom stereocenters. The van der Waals surface area contributed by atoms with Crippen molar-refractivity contribution < 1.29 is 9.90 Å². The highest BCUT2D eigenvalue weighted by atomic mass is 16.4. The monoisotopic (exact) mass is 256 g/mol. The van der Waals surface area contributed by atoms with Crippen molar-refractivity contribution in [2.24, 2.45) is 0 Å². The van der Waals surface area contributed by atoms with Crippen LogP contribution in [-0.4, -0.2) is 20.9 Å². The molecule has 4 heteroatoms. The Kier molecular flexibility index (Phi) is 2.66. The lowest BCUT2D eigenvalue weighted by molar-refractivity contribution is 0.0690. The zero-order valence-corrected chi connectivity index (χ0v) is 11.1. The Morgan fingerprint density at radius 3 is 2.47 bits per heavy atom. The van der Waals surface area contributed by atoms with Crippen molar-refractivity contribution in [2.75, 3.05) is 0 Å². The number of para-hydroxylation sites is 1. The minimum Gasteiger partial charge on any atom is -0.476 e. The molecule has 0 radical (unpaired) electrons. The van der Waals surface area contributed by atoms with Gasteiger partial charge in [-0.3, -0.25) is 0 Å². The predicted octanol–water partition coefficient (Wildman–Crippen LogP) is 3.06. The molecular weight excluding hydrogens is 240 g/mol. The zero-order valence-electron chi connectivity index (χ0n) is 11.1.